The smallest absolute Gasteiger partial charge is 0.145 e. The lowest BCUT2D eigenvalue weighted by atomic mass is 10.1. The van der Waals surface area contributed by atoms with Gasteiger partial charge in [0.15, 0.2) is 0 Å². The number of hydrogen-bond acceptors (Lipinski definition) is 4. The Kier molecular flexibility index (Phi) is 5.58. The summed E-state index contributed by atoms with van der Waals surface area (Å²) in [5, 5.41) is 3.47. The molecule has 0 saturated carbocycles. The molecule has 112 valence electrons. The highest BCUT2D eigenvalue weighted by atomic mass is 16.5. The van der Waals surface area contributed by atoms with E-state index in [0.717, 1.165) is 35.8 Å². The molecule has 0 aliphatic heterocycles. The lowest BCUT2D eigenvalue weighted by Gasteiger charge is -2.20. The molecule has 1 unspecified atom stereocenters. The van der Waals surface area contributed by atoms with Crippen LogP contribution in [0.3, 0.4) is 0 Å². The van der Waals surface area contributed by atoms with E-state index in [-0.39, 0.29) is 6.04 Å². The van der Waals surface area contributed by atoms with Gasteiger partial charge in [-0.05, 0) is 44.2 Å². The summed E-state index contributed by atoms with van der Waals surface area (Å²) in [6, 6.07) is 9.73. The second-order valence-corrected chi connectivity index (χ2v) is 4.84. The number of pyridine rings is 1. The quantitative estimate of drug-likeness (QED) is 0.837. The van der Waals surface area contributed by atoms with E-state index in [2.05, 4.69) is 24.1 Å². The number of methoxy groups -OCH3 is 1. The minimum absolute atomic E-state index is 0.146. The number of aromatic nitrogens is 1. The molecule has 1 heterocycles. The van der Waals surface area contributed by atoms with E-state index >= 15 is 0 Å². The minimum atomic E-state index is 0.146. The van der Waals surface area contributed by atoms with E-state index in [0.29, 0.717) is 0 Å². The summed E-state index contributed by atoms with van der Waals surface area (Å²) in [7, 11) is 1.68. The van der Waals surface area contributed by atoms with Crippen molar-refractivity contribution in [1.82, 2.24) is 10.3 Å². The Morgan fingerprint density at radius 2 is 2.00 bits per heavy atom. The number of rotatable bonds is 7. The van der Waals surface area contributed by atoms with Gasteiger partial charge in [-0.25, -0.2) is 0 Å². The number of nitrogens with zero attached hydrogens (tertiary/aromatic N) is 1. The molecule has 4 heteroatoms. The fourth-order valence-electron chi connectivity index (χ4n) is 2.21. The highest BCUT2D eigenvalue weighted by Crippen LogP contribution is 2.36. The van der Waals surface area contributed by atoms with E-state index < -0.39 is 0 Å². The van der Waals surface area contributed by atoms with Gasteiger partial charge in [0.25, 0.3) is 0 Å². The molecule has 0 fully saturated rings. The maximum atomic E-state index is 5.97. The van der Waals surface area contributed by atoms with Crippen molar-refractivity contribution >= 4 is 0 Å². The highest BCUT2D eigenvalue weighted by molar-refractivity contribution is 5.48. The maximum absolute atomic E-state index is 5.97. The molecular weight excluding hydrogens is 264 g/mol. The molecule has 1 N–H and O–H groups in total. The van der Waals surface area contributed by atoms with Crippen LogP contribution in [0.5, 0.6) is 17.2 Å². The summed E-state index contributed by atoms with van der Waals surface area (Å²) >= 11 is 0. The predicted molar refractivity (Wildman–Crippen MR) is 84.0 cm³/mol. The first-order valence-corrected chi connectivity index (χ1v) is 7.24. The van der Waals surface area contributed by atoms with E-state index in [4.69, 9.17) is 9.47 Å². The zero-order valence-corrected chi connectivity index (χ0v) is 12.8. The van der Waals surface area contributed by atoms with Crippen LogP contribution in [0.2, 0.25) is 0 Å². The van der Waals surface area contributed by atoms with Crippen molar-refractivity contribution in [3.05, 3.63) is 48.3 Å². The Hall–Kier alpha value is -2.07. The van der Waals surface area contributed by atoms with Crippen molar-refractivity contribution in [1.29, 1.82) is 0 Å². The van der Waals surface area contributed by atoms with E-state index in [1.54, 1.807) is 19.5 Å². The van der Waals surface area contributed by atoms with E-state index in [1.807, 2.05) is 30.3 Å². The normalized spacial score (nSPS) is 12.0. The molecule has 1 aromatic heterocycles. The molecule has 0 saturated heterocycles. The topological polar surface area (TPSA) is 43.4 Å². The first kappa shape index (κ1) is 15.3. The Balaban J connectivity index is 2.31. The Bertz CT molecular complexity index is 558. The van der Waals surface area contributed by atoms with Gasteiger partial charge in [-0.3, -0.25) is 4.98 Å². The number of benzene rings is 1. The van der Waals surface area contributed by atoms with Crippen LogP contribution in [0.25, 0.3) is 0 Å². The molecule has 1 aromatic carbocycles. The highest BCUT2D eigenvalue weighted by Gasteiger charge is 2.17. The van der Waals surface area contributed by atoms with Crippen molar-refractivity contribution in [3.8, 4) is 17.2 Å². The summed E-state index contributed by atoms with van der Waals surface area (Å²) in [5.74, 6) is 2.33. The van der Waals surface area contributed by atoms with Crippen molar-refractivity contribution in [2.45, 2.75) is 26.3 Å². The standard InChI is InChI=1S/C17H22N2O2/c1-4-10-19-13(2)17-15(20-3)8-5-9-16(17)21-14-7-6-11-18-12-14/h5-9,11-13,19H,4,10H2,1-3H3. The number of nitrogens with one attached hydrogen (secondary N) is 1. The largest absolute Gasteiger partial charge is 0.496 e. The summed E-state index contributed by atoms with van der Waals surface area (Å²) < 4.78 is 11.5. The molecule has 0 spiro atoms. The van der Waals surface area contributed by atoms with E-state index in [9.17, 15) is 0 Å². The Morgan fingerprint density at radius 3 is 2.67 bits per heavy atom. The van der Waals surface area contributed by atoms with Gasteiger partial charge in [0.1, 0.15) is 17.2 Å². The monoisotopic (exact) mass is 286 g/mol. The fraction of sp³-hybridized carbons (Fsp3) is 0.353. The zero-order chi connectivity index (χ0) is 15.1. The van der Waals surface area contributed by atoms with Gasteiger partial charge >= 0.3 is 0 Å². The van der Waals surface area contributed by atoms with Crippen LogP contribution in [-0.2, 0) is 0 Å². The van der Waals surface area contributed by atoms with Crippen LogP contribution < -0.4 is 14.8 Å². The average Bonchev–Trinajstić information content (AvgIpc) is 2.53. The van der Waals surface area contributed by atoms with Crippen LogP contribution in [0.15, 0.2) is 42.7 Å². The van der Waals surface area contributed by atoms with Gasteiger partial charge in [-0.1, -0.05) is 13.0 Å². The fourth-order valence-corrected chi connectivity index (χ4v) is 2.21. The third kappa shape index (κ3) is 3.95. The van der Waals surface area contributed by atoms with Gasteiger partial charge < -0.3 is 14.8 Å². The first-order valence-electron chi connectivity index (χ1n) is 7.24. The van der Waals surface area contributed by atoms with Crippen molar-refractivity contribution in [3.63, 3.8) is 0 Å². The molecule has 0 radical (unpaired) electrons. The lowest BCUT2D eigenvalue weighted by Crippen LogP contribution is -2.20. The maximum Gasteiger partial charge on any atom is 0.145 e. The van der Waals surface area contributed by atoms with Gasteiger partial charge in [0, 0.05) is 12.2 Å². The van der Waals surface area contributed by atoms with Crippen LogP contribution in [0.1, 0.15) is 31.9 Å². The van der Waals surface area contributed by atoms with Crippen LogP contribution in [0.4, 0.5) is 0 Å². The molecule has 2 rings (SSSR count). The average molecular weight is 286 g/mol. The first-order chi connectivity index (χ1) is 10.3. The summed E-state index contributed by atoms with van der Waals surface area (Å²) in [6.45, 7) is 5.21. The van der Waals surface area contributed by atoms with Crippen LogP contribution >= 0.6 is 0 Å². The van der Waals surface area contributed by atoms with Crippen molar-refractivity contribution < 1.29 is 9.47 Å². The summed E-state index contributed by atoms with van der Waals surface area (Å²) in [6.07, 6.45) is 4.51. The molecule has 0 aliphatic rings. The van der Waals surface area contributed by atoms with Gasteiger partial charge in [0.2, 0.25) is 0 Å². The Morgan fingerprint density at radius 1 is 1.19 bits per heavy atom. The number of ether oxygens (including phenoxy) is 2. The molecule has 4 nitrogen and oxygen atoms in total. The third-order valence-corrected chi connectivity index (χ3v) is 3.24. The van der Waals surface area contributed by atoms with Crippen molar-refractivity contribution in [2.75, 3.05) is 13.7 Å². The zero-order valence-electron chi connectivity index (χ0n) is 12.8. The molecular formula is C17H22N2O2. The third-order valence-electron chi connectivity index (χ3n) is 3.24. The molecule has 2 aromatic rings. The predicted octanol–water partition coefficient (Wildman–Crippen LogP) is 3.94. The van der Waals surface area contributed by atoms with Crippen LogP contribution in [0, 0.1) is 0 Å². The molecule has 0 amide bonds. The number of hydrogen-bond donors (Lipinski definition) is 1. The van der Waals surface area contributed by atoms with Crippen LogP contribution in [-0.4, -0.2) is 18.6 Å². The summed E-state index contributed by atoms with van der Waals surface area (Å²) in [4.78, 5) is 4.08. The minimum Gasteiger partial charge on any atom is -0.496 e. The summed E-state index contributed by atoms with van der Waals surface area (Å²) in [5.41, 5.74) is 1.03. The van der Waals surface area contributed by atoms with Gasteiger partial charge in [0.05, 0.1) is 18.9 Å². The second kappa shape index (κ2) is 7.64. The van der Waals surface area contributed by atoms with E-state index in [1.165, 1.54) is 0 Å². The van der Waals surface area contributed by atoms with Gasteiger partial charge in [-0.15, -0.1) is 0 Å². The molecule has 1 atom stereocenters. The lowest BCUT2D eigenvalue weighted by molar-refractivity contribution is 0.390. The molecule has 0 aliphatic carbocycles. The van der Waals surface area contributed by atoms with Crippen molar-refractivity contribution in [2.24, 2.45) is 0 Å². The van der Waals surface area contributed by atoms with Gasteiger partial charge in [-0.2, -0.15) is 0 Å². The Labute approximate surface area is 126 Å². The molecule has 21 heavy (non-hydrogen) atoms. The SMILES string of the molecule is CCCNC(C)c1c(OC)cccc1Oc1cccnc1. The molecule has 0 bridgehead atoms. The second-order valence-electron chi connectivity index (χ2n) is 4.84.